The van der Waals surface area contributed by atoms with Crippen LogP contribution in [0, 0.1) is 5.92 Å². The van der Waals surface area contributed by atoms with Crippen molar-refractivity contribution in [2.45, 2.75) is 46.1 Å². The standard InChI is InChI=1S/C18H26N2O2/c1-4-14(3)19-17(21)15-6-5-7-16(12-15)18(22)20-10-8-13(2)9-11-20/h5-7,12-14H,4,8-11H2,1-3H3,(H,19,21). The number of nitrogens with one attached hydrogen (secondary N) is 1. The van der Waals surface area contributed by atoms with Crippen molar-refractivity contribution in [3.63, 3.8) is 0 Å². The maximum Gasteiger partial charge on any atom is 0.253 e. The van der Waals surface area contributed by atoms with Crippen molar-refractivity contribution in [3.05, 3.63) is 35.4 Å². The van der Waals surface area contributed by atoms with E-state index in [-0.39, 0.29) is 17.9 Å². The second-order valence-corrected chi connectivity index (χ2v) is 6.34. The molecule has 120 valence electrons. The van der Waals surface area contributed by atoms with Crippen LogP contribution in [0.5, 0.6) is 0 Å². The summed E-state index contributed by atoms with van der Waals surface area (Å²) in [6.07, 6.45) is 3.00. The van der Waals surface area contributed by atoms with E-state index in [4.69, 9.17) is 0 Å². The number of rotatable bonds is 4. The third-order valence-corrected chi connectivity index (χ3v) is 4.43. The zero-order valence-electron chi connectivity index (χ0n) is 13.8. The fraction of sp³-hybridized carbons (Fsp3) is 0.556. The molecule has 1 saturated heterocycles. The summed E-state index contributed by atoms with van der Waals surface area (Å²) in [6, 6.07) is 7.17. The molecule has 4 nitrogen and oxygen atoms in total. The highest BCUT2D eigenvalue weighted by Crippen LogP contribution is 2.18. The van der Waals surface area contributed by atoms with Crippen LogP contribution in [-0.4, -0.2) is 35.8 Å². The third kappa shape index (κ3) is 4.09. The van der Waals surface area contributed by atoms with Gasteiger partial charge in [-0.05, 0) is 50.3 Å². The first-order chi connectivity index (χ1) is 10.5. The Morgan fingerprint density at radius 2 is 1.91 bits per heavy atom. The van der Waals surface area contributed by atoms with E-state index in [1.807, 2.05) is 18.7 Å². The third-order valence-electron chi connectivity index (χ3n) is 4.43. The van der Waals surface area contributed by atoms with E-state index in [0.717, 1.165) is 32.4 Å². The Morgan fingerprint density at radius 3 is 2.55 bits per heavy atom. The van der Waals surface area contributed by atoms with E-state index >= 15 is 0 Å². The summed E-state index contributed by atoms with van der Waals surface area (Å²) in [5.41, 5.74) is 1.16. The molecule has 22 heavy (non-hydrogen) atoms. The van der Waals surface area contributed by atoms with Gasteiger partial charge in [-0.3, -0.25) is 9.59 Å². The second kappa shape index (κ2) is 7.43. The van der Waals surface area contributed by atoms with Gasteiger partial charge in [0.15, 0.2) is 0 Å². The number of likely N-dealkylation sites (tertiary alicyclic amines) is 1. The van der Waals surface area contributed by atoms with Crippen LogP contribution in [0.1, 0.15) is 60.7 Å². The van der Waals surface area contributed by atoms with Gasteiger partial charge >= 0.3 is 0 Å². The summed E-state index contributed by atoms with van der Waals surface area (Å²) in [5.74, 6) is 0.609. The topological polar surface area (TPSA) is 49.4 Å². The average Bonchev–Trinajstić information content (AvgIpc) is 2.54. The van der Waals surface area contributed by atoms with E-state index in [0.29, 0.717) is 17.0 Å². The molecule has 1 heterocycles. The van der Waals surface area contributed by atoms with Crippen molar-refractivity contribution in [3.8, 4) is 0 Å². The first-order valence-corrected chi connectivity index (χ1v) is 8.21. The summed E-state index contributed by atoms with van der Waals surface area (Å²) in [7, 11) is 0. The highest BCUT2D eigenvalue weighted by molar-refractivity contribution is 5.99. The number of piperidine rings is 1. The highest BCUT2D eigenvalue weighted by atomic mass is 16.2. The molecule has 1 atom stereocenters. The molecule has 0 spiro atoms. The minimum atomic E-state index is -0.115. The molecule has 1 aromatic rings. The van der Waals surface area contributed by atoms with E-state index in [2.05, 4.69) is 12.2 Å². The number of hydrogen-bond acceptors (Lipinski definition) is 2. The molecule has 1 unspecified atom stereocenters. The average molecular weight is 302 g/mol. The van der Waals surface area contributed by atoms with Crippen LogP contribution in [0.4, 0.5) is 0 Å². The van der Waals surface area contributed by atoms with Crippen LogP contribution < -0.4 is 5.32 Å². The lowest BCUT2D eigenvalue weighted by Crippen LogP contribution is -2.38. The molecule has 0 aromatic heterocycles. The van der Waals surface area contributed by atoms with Gasteiger partial charge in [0.2, 0.25) is 0 Å². The molecular weight excluding hydrogens is 276 g/mol. The van der Waals surface area contributed by atoms with Crippen molar-refractivity contribution in [1.29, 1.82) is 0 Å². The number of carbonyl (C=O) groups is 2. The molecule has 1 fully saturated rings. The van der Waals surface area contributed by atoms with Crippen molar-refractivity contribution < 1.29 is 9.59 Å². The molecule has 0 aliphatic carbocycles. The van der Waals surface area contributed by atoms with Gasteiger partial charge in [-0.2, -0.15) is 0 Å². The lowest BCUT2D eigenvalue weighted by Gasteiger charge is -2.30. The smallest absolute Gasteiger partial charge is 0.253 e. The number of benzene rings is 1. The monoisotopic (exact) mass is 302 g/mol. The van der Waals surface area contributed by atoms with Gasteiger partial charge in [-0.25, -0.2) is 0 Å². The first-order valence-electron chi connectivity index (χ1n) is 8.21. The lowest BCUT2D eigenvalue weighted by atomic mass is 9.98. The summed E-state index contributed by atoms with van der Waals surface area (Å²) in [6.45, 7) is 7.85. The summed E-state index contributed by atoms with van der Waals surface area (Å²) < 4.78 is 0. The maximum absolute atomic E-state index is 12.6. The molecule has 4 heteroatoms. The van der Waals surface area contributed by atoms with Gasteiger partial charge in [0.1, 0.15) is 0 Å². The van der Waals surface area contributed by atoms with E-state index in [1.165, 1.54) is 0 Å². The lowest BCUT2D eigenvalue weighted by molar-refractivity contribution is 0.0697. The zero-order valence-corrected chi connectivity index (χ0v) is 13.8. The van der Waals surface area contributed by atoms with Crippen molar-refractivity contribution in [2.75, 3.05) is 13.1 Å². The van der Waals surface area contributed by atoms with E-state index in [9.17, 15) is 9.59 Å². The highest BCUT2D eigenvalue weighted by Gasteiger charge is 2.22. The van der Waals surface area contributed by atoms with Gasteiger partial charge in [-0.1, -0.05) is 19.9 Å². The van der Waals surface area contributed by atoms with Crippen LogP contribution >= 0.6 is 0 Å². The summed E-state index contributed by atoms with van der Waals surface area (Å²) >= 11 is 0. The SMILES string of the molecule is CCC(C)NC(=O)c1cccc(C(=O)N2CCC(C)CC2)c1. The van der Waals surface area contributed by atoms with Crippen LogP contribution in [-0.2, 0) is 0 Å². The Hall–Kier alpha value is -1.84. The Labute approximate surface area is 132 Å². The van der Waals surface area contributed by atoms with Crippen molar-refractivity contribution in [2.24, 2.45) is 5.92 Å². The van der Waals surface area contributed by atoms with Gasteiger partial charge < -0.3 is 10.2 Å². The molecule has 1 aliphatic heterocycles. The van der Waals surface area contributed by atoms with Crippen molar-refractivity contribution in [1.82, 2.24) is 10.2 Å². The minimum absolute atomic E-state index is 0.0325. The minimum Gasteiger partial charge on any atom is -0.350 e. The fourth-order valence-corrected chi connectivity index (χ4v) is 2.60. The molecular formula is C18H26N2O2. The van der Waals surface area contributed by atoms with Crippen LogP contribution in [0.3, 0.4) is 0 Å². The predicted molar refractivity (Wildman–Crippen MR) is 88.0 cm³/mol. The van der Waals surface area contributed by atoms with Gasteiger partial charge in [0, 0.05) is 30.3 Å². The molecule has 1 N–H and O–H groups in total. The quantitative estimate of drug-likeness (QED) is 0.929. The molecule has 1 aromatic carbocycles. The summed E-state index contributed by atoms with van der Waals surface area (Å²) in [4.78, 5) is 26.6. The Balaban J connectivity index is 2.07. The van der Waals surface area contributed by atoms with Gasteiger partial charge in [-0.15, -0.1) is 0 Å². The van der Waals surface area contributed by atoms with Gasteiger partial charge in [0.05, 0.1) is 0 Å². The maximum atomic E-state index is 12.6. The van der Waals surface area contributed by atoms with E-state index in [1.54, 1.807) is 24.3 Å². The second-order valence-electron chi connectivity index (χ2n) is 6.34. The van der Waals surface area contributed by atoms with Gasteiger partial charge in [0.25, 0.3) is 11.8 Å². The molecule has 0 saturated carbocycles. The van der Waals surface area contributed by atoms with Crippen LogP contribution in [0.2, 0.25) is 0 Å². The Bertz CT molecular complexity index is 534. The number of hydrogen-bond donors (Lipinski definition) is 1. The van der Waals surface area contributed by atoms with Crippen molar-refractivity contribution >= 4 is 11.8 Å². The Kier molecular flexibility index (Phi) is 5.58. The number of amides is 2. The molecule has 2 rings (SSSR count). The summed E-state index contributed by atoms with van der Waals surface area (Å²) in [5, 5.41) is 2.93. The number of nitrogens with zero attached hydrogens (tertiary/aromatic N) is 1. The number of carbonyl (C=O) groups excluding carboxylic acids is 2. The fourth-order valence-electron chi connectivity index (χ4n) is 2.60. The molecule has 1 aliphatic rings. The predicted octanol–water partition coefficient (Wildman–Crippen LogP) is 3.09. The Morgan fingerprint density at radius 1 is 1.27 bits per heavy atom. The molecule has 2 amide bonds. The zero-order chi connectivity index (χ0) is 16.1. The van der Waals surface area contributed by atoms with Crippen LogP contribution in [0.25, 0.3) is 0 Å². The molecule has 0 bridgehead atoms. The normalized spacial score (nSPS) is 17.1. The molecule has 0 radical (unpaired) electrons. The largest absolute Gasteiger partial charge is 0.350 e. The van der Waals surface area contributed by atoms with Crippen LogP contribution in [0.15, 0.2) is 24.3 Å². The van der Waals surface area contributed by atoms with E-state index < -0.39 is 0 Å². The first kappa shape index (κ1) is 16.5.